The minimum atomic E-state index is 0.628. The Morgan fingerprint density at radius 1 is 1.10 bits per heavy atom. The molecule has 0 aromatic heterocycles. The van der Waals surface area contributed by atoms with Crippen LogP contribution in [0.25, 0.3) is 0 Å². The molecule has 0 fully saturated rings. The lowest BCUT2D eigenvalue weighted by Crippen LogP contribution is -2.00. The average Bonchev–Trinajstić information content (AvgIpc) is 2.52. The highest BCUT2D eigenvalue weighted by molar-refractivity contribution is 5.46. The molecule has 2 rings (SSSR count). The number of methoxy groups -OCH3 is 1. The zero-order chi connectivity index (χ0) is 15.2. The molecular weight excluding hydrogens is 258 g/mol. The number of rotatable bonds is 6. The van der Waals surface area contributed by atoms with Gasteiger partial charge >= 0.3 is 0 Å². The second kappa shape index (κ2) is 7.16. The van der Waals surface area contributed by atoms with Crippen LogP contribution in [-0.4, -0.2) is 7.11 Å². The third-order valence-electron chi connectivity index (χ3n) is 4.05. The minimum Gasteiger partial charge on any atom is -0.496 e. The van der Waals surface area contributed by atoms with Crippen molar-refractivity contribution in [1.29, 1.82) is 0 Å². The van der Waals surface area contributed by atoms with Crippen molar-refractivity contribution >= 4 is 5.69 Å². The van der Waals surface area contributed by atoms with Gasteiger partial charge in [-0.1, -0.05) is 38.1 Å². The summed E-state index contributed by atoms with van der Waals surface area (Å²) >= 11 is 0. The second-order valence-corrected chi connectivity index (χ2v) is 5.59. The van der Waals surface area contributed by atoms with Crippen molar-refractivity contribution in [2.24, 2.45) is 0 Å². The first-order chi connectivity index (χ1) is 10.1. The van der Waals surface area contributed by atoms with Gasteiger partial charge in [0.2, 0.25) is 0 Å². The zero-order valence-corrected chi connectivity index (χ0v) is 13.4. The summed E-state index contributed by atoms with van der Waals surface area (Å²) in [6.45, 7) is 7.39. The van der Waals surface area contributed by atoms with Crippen molar-refractivity contribution in [2.45, 2.75) is 39.7 Å². The average molecular weight is 283 g/mol. The third-order valence-corrected chi connectivity index (χ3v) is 4.05. The topological polar surface area (TPSA) is 21.3 Å². The lowest BCUT2D eigenvalue weighted by Gasteiger charge is -2.12. The summed E-state index contributed by atoms with van der Waals surface area (Å²) in [6.07, 6.45) is 1.18. The number of anilines is 1. The van der Waals surface area contributed by atoms with Gasteiger partial charge in [-0.3, -0.25) is 0 Å². The van der Waals surface area contributed by atoms with Crippen LogP contribution in [-0.2, 0) is 6.54 Å². The summed E-state index contributed by atoms with van der Waals surface area (Å²) in [5, 5.41) is 3.47. The van der Waals surface area contributed by atoms with Crippen LogP contribution in [0.2, 0.25) is 0 Å². The van der Waals surface area contributed by atoms with E-state index in [-0.39, 0.29) is 0 Å². The lowest BCUT2D eigenvalue weighted by molar-refractivity contribution is 0.411. The van der Waals surface area contributed by atoms with Crippen LogP contribution in [0.4, 0.5) is 5.69 Å². The van der Waals surface area contributed by atoms with E-state index in [1.165, 1.54) is 23.1 Å². The minimum absolute atomic E-state index is 0.628. The number of hydrogen-bond donors (Lipinski definition) is 1. The number of benzene rings is 2. The summed E-state index contributed by atoms with van der Waals surface area (Å²) in [6, 6.07) is 15.1. The molecule has 2 nitrogen and oxygen atoms in total. The molecular formula is C19H25NO. The van der Waals surface area contributed by atoms with Crippen LogP contribution in [0.5, 0.6) is 5.75 Å². The first kappa shape index (κ1) is 15.4. The van der Waals surface area contributed by atoms with Crippen LogP contribution in [0.1, 0.15) is 42.9 Å². The largest absolute Gasteiger partial charge is 0.496 e. The van der Waals surface area contributed by atoms with Crippen molar-refractivity contribution in [1.82, 2.24) is 0 Å². The van der Waals surface area contributed by atoms with Gasteiger partial charge in [-0.15, -0.1) is 0 Å². The SMILES string of the molecule is CCC(C)c1ccc(NCc2ccc(OC)c(C)c2)cc1. The Bertz CT molecular complexity index is 575. The molecule has 2 heteroatoms. The fourth-order valence-electron chi connectivity index (χ4n) is 2.42. The van der Waals surface area contributed by atoms with E-state index in [0.717, 1.165) is 18.0 Å². The summed E-state index contributed by atoms with van der Waals surface area (Å²) < 4.78 is 5.29. The van der Waals surface area contributed by atoms with Crippen molar-refractivity contribution in [3.8, 4) is 5.75 Å². The van der Waals surface area contributed by atoms with E-state index in [9.17, 15) is 0 Å². The molecule has 0 bridgehead atoms. The number of ether oxygens (including phenoxy) is 1. The Hall–Kier alpha value is -1.96. The molecule has 0 aliphatic rings. The van der Waals surface area contributed by atoms with Crippen LogP contribution < -0.4 is 10.1 Å². The highest BCUT2D eigenvalue weighted by Crippen LogP contribution is 2.22. The summed E-state index contributed by atoms with van der Waals surface area (Å²) in [4.78, 5) is 0. The molecule has 0 radical (unpaired) electrons. The van der Waals surface area contributed by atoms with Gasteiger partial charge in [0.15, 0.2) is 0 Å². The molecule has 0 saturated heterocycles. The summed E-state index contributed by atoms with van der Waals surface area (Å²) in [7, 11) is 1.71. The van der Waals surface area contributed by atoms with Crippen LogP contribution in [0.15, 0.2) is 42.5 Å². The molecule has 0 aliphatic heterocycles. The second-order valence-electron chi connectivity index (χ2n) is 5.59. The monoisotopic (exact) mass is 283 g/mol. The van der Waals surface area contributed by atoms with Crippen molar-refractivity contribution < 1.29 is 4.74 Å². The van der Waals surface area contributed by atoms with Crippen molar-refractivity contribution in [2.75, 3.05) is 12.4 Å². The first-order valence-electron chi connectivity index (χ1n) is 7.61. The molecule has 21 heavy (non-hydrogen) atoms. The first-order valence-corrected chi connectivity index (χ1v) is 7.61. The van der Waals surface area contributed by atoms with E-state index in [1.807, 2.05) is 6.07 Å². The van der Waals surface area contributed by atoms with Gasteiger partial charge in [0.05, 0.1) is 7.11 Å². The predicted octanol–water partition coefficient (Wildman–Crippen LogP) is 5.13. The Morgan fingerprint density at radius 2 is 1.81 bits per heavy atom. The molecule has 1 N–H and O–H groups in total. The van der Waals surface area contributed by atoms with E-state index in [4.69, 9.17) is 4.74 Å². The molecule has 0 saturated carbocycles. The molecule has 1 unspecified atom stereocenters. The molecule has 0 spiro atoms. The molecule has 0 amide bonds. The van der Waals surface area contributed by atoms with Gasteiger partial charge in [0, 0.05) is 12.2 Å². The molecule has 112 valence electrons. The fraction of sp³-hybridized carbons (Fsp3) is 0.368. The van der Waals surface area contributed by atoms with E-state index in [1.54, 1.807) is 7.11 Å². The van der Waals surface area contributed by atoms with E-state index in [0.29, 0.717) is 5.92 Å². The highest BCUT2D eigenvalue weighted by Gasteiger charge is 2.03. The Kier molecular flexibility index (Phi) is 5.26. The smallest absolute Gasteiger partial charge is 0.121 e. The Morgan fingerprint density at radius 3 is 2.38 bits per heavy atom. The maximum absolute atomic E-state index is 5.29. The van der Waals surface area contributed by atoms with Gasteiger partial charge in [0.1, 0.15) is 5.75 Å². The fourth-order valence-corrected chi connectivity index (χ4v) is 2.42. The molecule has 2 aromatic rings. The predicted molar refractivity (Wildman–Crippen MR) is 90.2 cm³/mol. The Labute approximate surface area is 128 Å². The van der Waals surface area contributed by atoms with Crippen molar-refractivity contribution in [3.05, 3.63) is 59.2 Å². The Balaban J connectivity index is 1.98. The molecule has 1 atom stereocenters. The molecule has 2 aromatic carbocycles. The van der Waals surface area contributed by atoms with Crippen molar-refractivity contribution in [3.63, 3.8) is 0 Å². The van der Waals surface area contributed by atoms with E-state index >= 15 is 0 Å². The summed E-state index contributed by atoms with van der Waals surface area (Å²) in [5.41, 5.74) is 5.00. The number of hydrogen-bond acceptors (Lipinski definition) is 2. The quantitative estimate of drug-likeness (QED) is 0.793. The highest BCUT2D eigenvalue weighted by atomic mass is 16.5. The van der Waals surface area contributed by atoms with Gasteiger partial charge in [-0.05, 0) is 54.2 Å². The summed E-state index contributed by atoms with van der Waals surface area (Å²) in [5.74, 6) is 1.57. The van der Waals surface area contributed by atoms with Crippen LogP contribution in [0.3, 0.4) is 0 Å². The van der Waals surface area contributed by atoms with Gasteiger partial charge in [0.25, 0.3) is 0 Å². The van der Waals surface area contributed by atoms with Crippen LogP contribution in [0, 0.1) is 6.92 Å². The lowest BCUT2D eigenvalue weighted by atomic mass is 9.98. The zero-order valence-electron chi connectivity index (χ0n) is 13.4. The van der Waals surface area contributed by atoms with Crippen LogP contribution >= 0.6 is 0 Å². The molecule has 0 aliphatic carbocycles. The number of nitrogens with one attached hydrogen (secondary N) is 1. The van der Waals surface area contributed by atoms with E-state index in [2.05, 4.69) is 62.5 Å². The standard InChI is InChI=1S/C19H25NO/c1-5-14(2)17-7-9-18(10-8-17)20-13-16-6-11-19(21-4)15(3)12-16/h6-12,14,20H,5,13H2,1-4H3. The van der Waals surface area contributed by atoms with Gasteiger partial charge in [-0.2, -0.15) is 0 Å². The van der Waals surface area contributed by atoms with Gasteiger partial charge < -0.3 is 10.1 Å². The number of aryl methyl sites for hydroxylation is 1. The van der Waals surface area contributed by atoms with E-state index < -0.39 is 0 Å². The normalized spacial score (nSPS) is 12.0. The van der Waals surface area contributed by atoms with Gasteiger partial charge in [-0.25, -0.2) is 0 Å². The maximum atomic E-state index is 5.29. The molecule has 0 heterocycles. The third kappa shape index (κ3) is 4.01. The maximum Gasteiger partial charge on any atom is 0.121 e.